The predicted octanol–water partition coefficient (Wildman–Crippen LogP) is 0.876. The van der Waals surface area contributed by atoms with Crippen LogP contribution in [0.4, 0.5) is 0 Å². The number of carbonyl (C=O) groups excluding carboxylic acids is 1. The van der Waals surface area contributed by atoms with E-state index < -0.39 is 10.0 Å². The second-order valence-electron chi connectivity index (χ2n) is 5.81. The van der Waals surface area contributed by atoms with Crippen molar-refractivity contribution in [3.63, 3.8) is 0 Å². The van der Waals surface area contributed by atoms with E-state index in [-0.39, 0.29) is 19.0 Å². The van der Waals surface area contributed by atoms with Crippen LogP contribution in [0.1, 0.15) is 5.56 Å². The summed E-state index contributed by atoms with van der Waals surface area (Å²) in [7, 11) is -1.51. The lowest BCUT2D eigenvalue weighted by Crippen LogP contribution is -2.50. The first-order valence-corrected chi connectivity index (χ1v) is 9.65. The molecule has 0 unspecified atom stereocenters. The second kappa shape index (κ2) is 7.61. The Morgan fingerprint density at radius 1 is 1.22 bits per heavy atom. The molecule has 0 aromatic heterocycles. The normalized spacial score (nSPS) is 16.8. The van der Waals surface area contributed by atoms with Gasteiger partial charge in [0.05, 0.1) is 12.8 Å². The Labute approximate surface area is 142 Å². The van der Waals surface area contributed by atoms with Crippen LogP contribution in [0.25, 0.3) is 0 Å². The van der Waals surface area contributed by atoms with Crippen LogP contribution >= 0.6 is 11.6 Å². The summed E-state index contributed by atoms with van der Waals surface area (Å²) in [5.74, 6) is -0.171. The lowest BCUT2D eigenvalue weighted by atomic mass is 10.2. The summed E-state index contributed by atoms with van der Waals surface area (Å²) in [6.07, 6.45) is 1.11. The minimum Gasteiger partial charge on any atom is -0.339 e. The van der Waals surface area contributed by atoms with Crippen LogP contribution in [0.15, 0.2) is 24.3 Å². The molecule has 8 heteroatoms. The number of amides is 1. The summed E-state index contributed by atoms with van der Waals surface area (Å²) >= 11 is 6.10. The van der Waals surface area contributed by atoms with Gasteiger partial charge in [0, 0.05) is 37.7 Å². The molecule has 1 amide bonds. The Bertz CT molecular complexity index is 658. The molecule has 1 aromatic rings. The SMILES string of the molecule is CN1CCN(C(=O)CN(Cc2ccccc2Cl)S(C)(=O)=O)CC1. The number of hydrogen-bond acceptors (Lipinski definition) is 4. The van der Waals surface area contributed by atoms with Crippen LogP contribution in [0, 0.1) is 0 Å². The molecule has 1 aliphatic rings. The highest BCUT2D eigenvalue weighted by atomic mass is 35.5. The number of halogens is 1. The zero-order chi connectivity index (χ0) is 17.0. The van der Waals surface area contributed by atoms with Crippen molar-refractivity contribution < 1.29 is 13.2 Å². The molecular weight excluding hydrogens is 338 g/mol. The fourth-order valence-corrected chi connectivity index (χ4v) is 3.33. The number of rotatable bonds is 5. The average Bonchev–Trinajstić information content (AvgIpc) is 2.48. The number of carbonyl (C=O) groups is 1. The highest BCUT2D eigenvalue weighted by molar-refractivity contribution is 7.88. The van der Waals surface area contributed by atoms with Crippen molar-refractivity contribution in [3.05, 3.63) is 34.9 Å². The van der Waals surface area contributed by atoms with E-state index in [2.05, 4.69) is 4.90 Å². The van der Waals surface area contributed by atoms with Gasteiger partial charge in [0.2, 0.25) is 15.9 Å². The van der Waals surface area contributed by atoms with E-state index in [1.54, 1.807) is 29.2 Å². The first kappa shape index (κ1) is 18.2. The zero-order valence-electron chi connectivity index (χ0n) is 13.4. The molecule has 128 valence electrons. The van der Waals surface area contributed by atoms with E-state index >= 15 is 0 Å². The van der Waals surface area contributed by atoms with Gasteiger partial charge in [-0.15, -0.1) is 0 Å². The number of benzene rings is 1. The maximum absolute atomic E-state index is 12.4. The van der Waals surface area contributed by atoms with Crippen LogP contribution in [0.3, 0.4) is 0 Å². The van der Waals surface area contributed by atoms with Crippen molar-refractivity contribution in [1.82, 2.24) is 14.1 Å². The molecule has 1 heterocycles. The molecule has 23 heavy (non-hydrogen) atoms. The van der Waals surface area contributed by atoms with Gasteiger partial charge in [0.1, 0.15) is 0 Å². The van der Waals surface area contributed by atoms with Gasteiger partial charge >= 0.3 is 0 Å². The minimum atomic E-state index is -3.51. The molecule has 1 aromatic carbocycles. The monoisotopic (exact) mass is 359 g/mol. The summed E-state index contributed by atoms with van der Waals surface area (Å²) in [4.78, 5) is 16.3. The van der Waals surface area contributed by atoms with Crippen molar-refractivity contribution in [2.75, 3.05) is 46.0 Å². The van der Waals surface area contributed by atoms with Crippen LogP contribution in [-0.4, -0.2) is 74.5 Å². The van der Waals surface area contributed by atoms with Crippen molar-refractivity contribution in [2.45, 2.75) is 6.54 Å². The third-order valence-electron chi connectivity index (χ3n) is 3.94. The van der Waals surface area contributed by atoms with Crippen LogP contribution in [-0.2, 0) is 21.4 Å². The van der Waals surface area contributed by atoms with Gasteiger partial charge in [-0.1, -0.05) is 29.8 Å². The van der Waals surface area contributed by atoms with Gasteiger partial charge in [-0.05, 0) is 18.7 Å². The smallest absolute Gasteiger partial charge is 0.237 e. The molecule has 0 saturated carbocycles. The average molecular weight is 360 g/mol. The summed E-state index contributed by atoms with van der Waals surface area (Å²) in [6, 6.07) is 7.05. The maximum atomic E-state index is 12.4. The third kappa shape index (κ3) is 5.17. The molecule has 0 spiro atoms. The Kier molecular flexibility index (Phi) is 6.02. The fraction of sp³-hybridized carbons (Fsp3) is 0.533. The largest absolute Gasteiger partial charge is 0.339 e. The molecule has 0 aliphatic carbocycles. The summed E-state index contributed by atoms with van der Waals surface area (Å²) in [6.45, 7) is 2.79. The first-order valence-electron chi connectivity index (χ1n) is 7.42. The topological polar surface area (TPSA) is 60.9 Å². The standard InChI is InChI=1S/C15H22ClN3O3S/c1-17-7-9-18(10-8-17)15(20)12-19(23(2,21)22)11-13-5-3-4-6-14(13)16/h3-6H,7-12H2,1-2H3. The molecule has 1 aliphatic heterocycles. The molecule has 1 fully saturated rings. The molecule has 1 saturated heterocycles. The number of likely N-dealkylation sites (N-methyl/N-ethyl adjacent to an activating group) is 1. The highest BCUT2D eigenvalue weighted by Gasteiger charge is 2.26. The lowest BCUT2D eigenvalue weighted by molar-refractivity contribution is -0.133. The van der Waals surface area contributed by atoms with E-state index in [1.165, 1.54) is 4.31 Å². The Balaban J connectivity index is 2.08. The van der Waals surface area contributed by atoms with E-state index in [0.29, 0.717) is 23.7 Å². The van der Waals surface area contributed by atoms with E-state index in [1.807, 2.05) is 7.05 Å². The van der Waals surface area contributed by atoms with Gasteiger partial charge in [0.25, 0.3) is 0 Å². The van der Waals surface area contributed by atoms with Crippen molar-refractivity contribution in [1.29, 1.82) is 0 Å². The van der Waals surface area contributed by atoms with E-state index in [9.17, 15) is 13.2 Å². The van der Waals surface area contributed by atoms with Crippen molar-refractivity contribution >= 4 is 27.5 Å². The minimum absolute atomic E-state index is 0.0952. The molecule has 0 N–H and O–H groups in total. The molecule has 0 atom stereocenters. The number of nitrogens with zero attached hydrogens (tertiary/aromatic N) is 3. The van der Waals surface area contributed by atoms with E-state index in [4.69, 9.17) is 11.6 Å². The molecule has 0 bridgehead atoms. The van der Waals surface area contributed by atoms with Crippen LogP contribution in [0.5, 0.6) is 0 Å². The fourth-order valence-electron chi connectivity index (χ4n) is 2.41. The van der Waals surface area contributed by atoms with Crippen molar-refractivity contribution in [3.8, 4) is 0 Å². The second-order valence-corrected chi connectivity index (χ2v) is 8.20. The lowest BCUT2D eigenvalue weighted by Gasteiger charge is -2.33. The maximum Gasteiger partial charge on any atom is 0.237 e. The zero-order valence-corrected chi connectivity index (χ0v) is 15.0. The third-order valence-corrected chi connectivity index (χ3v) is 5.51. The molecule has 0 radical (unpaired) electrons. The van der Waals surface area contributed by atoms with E-state index in [0.717, 1.165) is 19.3 Å². The number of piperazine rings is 1. The highest BCUT2D eigenvalue weighted by Crippen LogP contribution is 2.18. The quantitative estimate of drug-likeness (QED) is 0.783. The van der Waals surface area contributed by atoms with Crippen LogP contribution < -0.4 is 0 Å². The Morgan fingerprint density at radius 2 is 1.83 bits per heavy atom. The first-order chi connectivity index (χ1) is 10.8. The number of sulfonamides is 1. The van der Waals surface area contributed by atoms with Gasteiger partial charge < -0.3 is 9.80 Å². The van der Waals surface area contributed by atoms with Gasteiger partial charge in [-0.3, -0.25) is 4.79 Å². The predicted molar refractivity (Wildman–Crippen MR) is 90.8 cm³/mol. The van der Waals surface area contributed by atoms with Crippen molar-refractivity contribution in [2.24, 2.45) is 0 Å². The summed E-state index contributed by atoms with van der Waals surface area (Å²) in [5, 5.41) is 0.494. The molecular formula is C15H22ClN3O3S. The Hall–Kier alpha value is -1.15. The van der Waals surface area contributed by atoms with Gasteiger partial charge in [-0.2, -0.15) is 4.31 Å². The summed E-state index contributed by atoms with van der Waals surface area (Å²) < 4.78 is 25.2. The number of hydrogen-bond donors (Lipinski definition) is 0. The van der Waals surface area contributed by atoms with Gasteiger partial charge in [0.15, 0.2) is 0 Å². The van der Waals surface area contributed by atoms with Gasteiger partial charge in [-0.25, -0.2) is 8.42 Å². The molecule has 6 nitrogen and oxygen atoms in total. The Morgan fingerprint density at radius 3 is 2.39 bits per heavy atom. The molecule has 2 rings (SSSR count). The van der Waals surface area contributed by atoms with Crippen LogP contribution in [0.2, 0.25) is 5.02 Å². The summed E-state index contributed by atoms with van der Waals surface area (Å²) in [5.41, 5.74) is 0.686.